The van der Waals surface area contributed by atoms with Crippen molar-refractivity contribution < 1.29 is 18.7 Å². The molecule has 0 unspecified atom stereocenters. The number of ether oxygens (including phenoxy) is 1. The van der Waals surface area contributed by atoms with Gasteiger partial charge in [-0.3, -0.25) is 4.79 Å². The van der Waals surface area contributed by atoms with E-state index in [2.05, 4.69) is 15.9 Å². The first-order chi connectivity index (χ1) is 9.88. The molecule has 0 saturated heterocycles. The summed E-state index contributed by atoms with van der Waals surface area (Å²) < 4.78 is 18.5. The van der Waals surface area contributed by atoms with E-state index < -0.39 is 11.8 Å². The highest BCUT2D eigenvalue weighted by molar-refractivity contribution is 9.10. The fourth-order valence-corrected chi connectivity index (χ4v) is 3.20. The molecule has 1 aromatic carbocycles. The van der Waals surface area contributed by atoms with Gasteiger partial charge in [-0.2, -0.15) is 0 Å². The Kier molecular flexibility index (Phi) is 4.90. The van der Waals surface area contributed by atoms with Crippen molar-refractivity contribution in [2.75, 3.05) is 6.61 Å². The Labute approximate surface area is 133 Å². The number of Topliss-reactive ketones (excluding diaryl/α,β-unsaturated/α-hetero) is 1. The minimum atomic E-state index is -0.737. The average molecular weight is 371 g/mol. The summed E-state index contributed by atoms with van der Waals surface area (Å²) in [5.74, 6) is -1.54. The van der Waals surface area contributed by atoms with Gasteiger partial charge in [0.1, 0.15) is 5.82 Å². The van der Waals surface area contributed by atoms with Gasteiger partial charge in [0.15, 0.2) is 6.61 Å². The summed E-state index contributed by atoms with van der Waals surface area (Å²) in [6.07, 6.45) is 0. The van der Waals surface area contributed by atoms with E-state index >= 15 is 0 Å². The quantitative estimate of drug-likeness (QED) is 0.594. The molecule has 0 aliphatic carbocycles. The Bertz CT molecular complexity index is 709. The summed E-state index contributed by atoms with van der Waals surface area (Å²) in [5, 5.41) is 0. The van der Waals surface area contributed by atoms with Gasteiger partial charge in [-0.15, -0.1) is 11.3 Å². The molecule has 0 atom stereocenters. The van der Waals surface area contributed by atoms with E-state index in [-0.39, 0.29) is 18.0 Å². The van der Waals surface area contributed by atoms with Crippen molar-refractivity contribution in [2.45, 2.75) is 13.8 Å². The molecule has 0 amide bonds. The van der Waals surface area contributed by atoms with Crippen LogP contribution < -0.4 is 0 Å². The van der Waals surface area contributed by atoms with Gasteiger partial charge in [0.2, 0.25) is 5.78 Å². The molecule has 0 aliphatic heterocycles. The van der Waals surface area contributed by atoms with Gasteiger partial charge in [-0.05, 0) is 54.0 Å². The molecular weight excluding hydrogens is 359 g/mol. The lowest BCUT2D eigenvalue weighted by atomic mass is 10.1. The van der Waals surface area contributed by atoms with E-state index in [4.69, 9.17) is 4.74 Å². The molecule has 0 bridgehead atoms. The number of carbonyl (C=O) groups is 2. The van der Waals surface area contributed by atoms with Crippen LogP contribution in [0.3, 0.4) is 0 Å². The highest BCUT2D eigenvalue weighted by Crippen LogP contribution is 2.22. The molecule has 1 heterocycles. The van der Waals surface area contributed by atoms with Crippen LogP contribution in [-0.2, 0) is 4.74 Å². The molecule has 0 saturated carbocycles. The lowest BCUT2D eigenvalue weighted by molar-refractivity contribution is 0.0473. The molecule has 6 heteroatoms. The number of ketones is 1. The lowest BCUT2D eigenvalue weighted by Crippen LogP contribution is -2.15. The minimum absolute atomic E-state index is 0.0565. The maximum absolute atomic E-state index is 13.1. The summed E-state index contributed by atoms with van der Waals surface area (Å²) in [6, 6.07) is 5.48. The number of hydrogen-bond acceptors (Lipinski definition) is 4. The molecule has 0 aliphatic rings. The van der Waals surface area contributed by atoms with Crippen LogP contribution in [0, 0.1) is 19.7 Å². The average Bonchev–Trinajstić information content (AvgIpc) is 2.77. The number of aryl methyl sites for hydroxylation is 2. The largest absolute Gasteiger partial charge is 0.454 e. The van der Waals surface area contributed by atoms with Gasteiger partial charge < -0.3 is 4.74 Å². The summed E-state index contributed by atoms with van der Waals surface area (Å²) >= 11 is 4.66. The van der Waals surface area contributed by atoms with Crippen LogP contribution in [0.4, 0.5) is 4.39 Å². The molecule has 3 nitrogen and oxygen atoms in total. The van der Waals surface area contributed by atoms with E-state index in [1.165, 1.54) is 23.5 Å². The molecule has 2 aromatic rings. The van der Waals surface area contributed by atoms with Crippen LogP contribution >= 0.6 is 27.3 Å². The number of halogens is 2. The summed E-state index contributed by atoms with van der Waals surface area (Å²) in [5.41, 5.74) is 0.615. The number of carbonyl (C=O) groups excluding carboxylic acids is 2. The second kappa shape index (κ2) is 6.49. The molecular formula is C15H12BrFO3S. The zero-order valence-electron chi connectivity index (χ0n) is 11.4. The first kappa shape index (κ1) is 15.9. The molecule has 1 aromatic heterocycles. The molecule has 0 fully saturated rings. The molecule has 0 radical (unpaired) electrons. The highest BCUT2D eigenvalue weighted by atomic mass is 79.9. The smallest absolute Gasteiger partial charge is 0.339 e. The van der Waals surface area contributed by atoms with Crippen LogP contribution in [0.5, 0.6) is 0 Å². The van der Waals surface area contributed by atoms with E-state index in [0.29, 0.717) is 10.0 Å². The van der Waals surface area contributed by atoms with Crippen molar-refractivity contribution in [2.24, 2.45) is 0 Å². The zero-order chi connectivity index (χ0) is 15.6. The number of hydrogen-bond donors (Lipinski definition) is 0. The maximum Gasteiger partial charge on any atom is 0.339 e. The summed E-state index contributed by atoms with van der Waals surface area (Å²) in [4.78, 5) is 25.8. The fraction of sp³-hybridized carbons (Fsp3) is 0.200. The lowest BCUT2D eigenvalue weighted by Gasteiger charge is -2.06. The van der Waals surface area contributed by atoms with Crippen LogP contribution in [0.2, 0.25) is 0 Å². The minimum Gasteiger partial charge on any atom is -0.454 e. The Morgan fingerprint density at radius 1 is 1.24 bits per heavy atom. The number of rotatable bonds is 4. The number of thiophene rings is 1. The Balaban J connectivity index is 2.06. The SMILES string of the molecule is Cc1cc(C(=O)COC(=O)c2cc(F)ccc2Br)c(C)s1. The van der Waals surface area contributed by atoms with Crippen molar-refractivity contribution in [1.82, 2.24) is 0 Å². The van der Waals surface area contributed by atoms with Crippen LogP contribution in [0.15, 0.2) is 28.7 Å². The van der Waals surface area contributed by atoms with Gasteiger partial charge in [0, 0.05) is 19.8 Å². The Hall–Kier alpha value is -1.53. The van der Waals surface area contributed by atoms with Crippen molar-refractivity contribution in [1.29, 1.82) is 0 Å². The first-order valence-electron chi connectivity index (χ1n) is 6.11. The second-order valence-electron chi connectivity index (χ2n) is 4.45. The number of benzene rings is 1. The normalized spacial score (nSPS) is 10.5. The van der Waals surface area contributed by atoms with Gasteiger partial charge in [-0.1, -0.05) is 0 Å². The predicted molar refractivity (Wildman–Crippen MR) is 82.5 cm³/mol. The molecule has 2 rings (SSSR count). The third-order valence-corrected chi connectivity index (χ3v) is 4.48. The van der Waals surface area contributed by atoms with Crippen molar-refractivity contribution in [3.05, 3.63) is 55.4 Å². The van der Waals surface area contributed by atoms with Gasteiger partial charge >= 0.3 is 5.97 Å². The molecule has 21 heavy (non-hydrogen) atoms. The topological polar surface area (TPSA) is 43.4 Å². The van der Waals surface area contributed by atoms with Gasteiger partial charge in [-0.25, -0.2) is 9.18 Å². The third kappa shape index (κ3) is 3.77. The van der Waals surface area contributed by atoms with E-state index in [1.54, 1.807) is 6.07 Å². The van der Waals surface area contributed by atoms with Crippen LogP contribution in [0.25, 0.3) is 0 Å². The molecule has 0 N–H and O–H groups in total. The van der Waals surface area contributed by atoms with Crippen molar-refractivity contribution in [3.8, 4) is 0 Å². The summed E-state index contributed by atoms with van der Waals surface area (Å²) in [6.45, 7) is 3.39. The zero-order valence-corrected chi connectivity index (χ0v) is 13.8. The van der Waals surface area contributed by atoms with Gasteiger partial charge in [0.05, 0.1) is 5.56 Å². The molecule has 0 spiro atoms. The van der Waals surface area contributed by atoms with E-state index in [1.807, 2.05) is 13.8 Å². The first-order valence-corrected chi connectivity index (χ1v) is 7.72. The monoisotopic (exact) mass is 370 g/mol. The summed E-state index contributed by atoms with van der Waals surface area (Å²) in [7, 11) is 0. The third-order valence-electron chi connectivity index (χ3n) is 2.82. The predicted octanol–water partition coefficient (Wildman–Crippen LogP) is 4.31. The Morgan fingerprint density at radius 3 is 2.57 bits per heavy atom. The highest BCUT2D eigenvalue weighted by Gasteiger charge is 2.17. The van der Waals surface area contributed by atoms with Crippen LogP contribution in [-0.4, -0.2) is 18.4 Å². The van der Waals surface area contributed by atoms with Crippen molar-refractivity contribution >= 4 is 39.0 Å². The standard InChI is InChI=1S/C15H12BrFO3S/c1-8-5-11(9(2)21-8)14(18)7-20-15(19)12-6-10(17)3-4-13(12)16/h3-6H,7H2,1-2H3. The van der Waals surface area contributed by atoms with E-state index in [0.717, 1.165) is 15.8 Å². The van der Waals surface area contributed by atoms with Gasteiger partial charge in [0.25, 0.3) is 0 Å². The van der Waals surface area contributed by atoms with Crippen LogP contribution in [0.1, 0.15) is 30.5 Å². The fourth-order valence-electron chi connectivity index (χ4n) is 1.85. The Morgan fingerprint density at radius 2 is 1.95 bits per heavy atom. The van der Waals surface area contributed by atoms with E-state index in [9.17, 15) is 14.0 Å². The second-order valence-corrected chi connectivity index (χ2v) is 6.77. The number of esters is 1. The molecule has 110 valence electrons. The van der Waals surface area contributed by atoms with Crippen molar-refractivity contribution in [3.63, 3.8) is 0 Å². The maximum atomic E-state index is 13.1.